The Bertz CT molecular complexity index is 1170. The number of nitrogens with zero attached hydrogens (tertiary/aromatic N) is 1. The van der Waals surface area contributed by atoms with Crippen LogP contribution < -0.4 is 10.5 Å². The number of nitrogens with one attached hydrogen (secondary N) is 1. The summed E-state index contributed by atoms with van der Waals surface area (Å²) >= 11 is 1.27. The van der Waals surface area contributed by atoms with Crippen LogP contribution in [0.5, 0.6) is 0 Å². The number of anilines is 1. The van der Waals surface area contributed by atoms with Gasteiger partial charge in [0.2, 0.25) is 10.0 Å². The van der Waals surface area contributed by atoms with Crippen LogP contribution in [0.1, 0.15) is 26.4 Å². The van der Waals surface area contributed by atoms with Crippen LogP contribution in [0.15, 0.2) is 41.3 Å². The summed E-state index contributed by atoms with van der Waals surface area (Å²) < 4.78 is 36.7. The zero-order valence-electron chi connectivity index (χ0n) is 15.4. The Morgan fingerprint density at radius 2 is 1.79 bits per heavy atom. The predicted octanol–water partition coefficient (Wildman–Crippen LogP) is 3.77. The second-order valence-corrected chi connectivity index (χ2v) is 9.08. The van der Waals surface area contributed by atoms with Crippen molar-refractivity contribution in [3.8, 4) is 11.3 Å². The molecule has 0 spiro atoms. The molecule has 0 aliphatic heterocycles. The number of carbonyl (C=O) groups is 1. The smallest absolute Gasteiger partial charge is 0.257 e. The Morgan fingerprint density at radius 1 is 1.14 bits per heavy atom. The van der Waals surface area contributed by atoms with Crippen LogP contribution in [0.3, 0.4) is 0 Å². The average Bonchev–Trinajstić information content (AvgIpc) is 2.97. The number of amides is 1. The van der Waals surface area contributed by atoms with E-state index in [-0.39, 0.29) is 16.3 Å². The van der Waals surface area contributed by atoms with E-state index >= 15 is 0 Å². The summed E-state index contributed by atoms with van der Waals surface area (Å²) in [4.78, 5) is 17.8. The average molecular weight is 420 g/mol. The number of nitrogens with two attached hydrogens (primary N) is 1. The van der Waals surface area contributed by atoms with E-state index in [1.807, 2.05) is 6.92 Å². The first-order valence-electron chi connectivity index (χ1n) is 8.25. The summed E-state index contributed by atoms with van der Waals surface area (Å²) in [6.45, 7) is 5.19. The van der Waals surface area contributed by atoms with Crippen molar-refractivity contribution < 1.29 is 17.6 Å². The minimum atomic E-state index is -3.95. The Hall–Kier alpha value is -2.62. The molecule has 0 saturated carbocycles. The molecule has 1 amide bonds. The Labute approximate surface area is 166 Å². The van der Waals surface area contributed by atoms with Gasteiger partial charge in [-0.05, 0) is 68.3 Å². The van der Waals surface area contributed by atoms with Gasteiger partial charge in [0.15, 0.2) is 5.13 Å². The van der Waals surface area contributed by atoms with Crippen LogP contribution in [0, 0.1) is 26.6 Å². The van der Waals surface area contributed by atoms with Crippen LogP contribution in [-0.4, -0.2) is 19.3 Å². The van der Waals surface area contributed by atoms with E-state index in [0.717, 1.165) is 10.4 Å². The molecule has 1 heterocycles. The third-order valence-corrected chi connectivity index (χ3v) is 6.25. The minimum Gasteiger partial charge on any atom is -0.298 e. The van der Waals surface area contributed by atoms with Crippen molar-refractivity contribution in [3.05, 3.63) is 63.8 Å². The maximum Gasteiger partial charge on any atom is 0.257 e. The van der Waals surface area contributed by atoms with Crippen LogP contribution >= 0.6 is 11.3 Å². The van der Waals surface area contributed by atoms with Crippen molar-refractivity contribution in [1.82, 2.24) is 4.98 Å². The molecule has 0 atom stereocenters. The van der Waals surface area contributed by atoms with Crippen molar-refractivity contribution in [2.75, 3.05) is 5.32 Å². The topological polar surface area (TPSA) is 102 Å². The van der Waals surface area contributed by atoms with Crippen molar-refractivity contribution >= 4 is 32.4 Å². The molecule has 0 fully saturated rings. The van der Waals surface area contributed by atoms with Crippen LogP contribution in [0.25, 0.3) is 11.3 Å². The largest absolute Gasteiger partial charge is 0.298 e. The van der Waals surface area contributed by atoms with E-state index in [1.165, 1.54) is 29.5 Å². The fourth-order valence-corrected chi connectivity index (χ4v) is 4.46. The number of hydrogen-bond acceptors (Lipinski definition) is 5. The summed E-state index contributed by atoms with van der Waals surface area (Å²) in [5.74, 6) is -0.835. The lowest BCUT2D eigenvalue weighted by Crippen LogP contribution is -2.17. The second-order valence-electron chi connectivity index (χ2n) is 6.35. The molecule has 6 nitrogen and oxygen atoms in total. The highest BCUT2D eigenvalue weighted by molar-refractivity contribution is 7.89. The summed E-state index contributed by atoms with van der Waals surface area (Å²) in [6.07, 6.45) is 0. The fourth-order valence-electron chi connectivity index (χ4n) is 2.75. The molecular weight excluding hydrogens is 401 g/mol. The SMILES string of the molecule is Cc1cc(C(=O)Nc2nc(-c3ccc(F)cc3)c(C)s2)cc(S(N)(=O)=O)c1C. The van der Waals surface area contributed by atoms with Gasteiger partial charge in [-0.25, -0.2) is 22.9 Å². The van der Waals surface area contributed by atoms with E-state index in [4.69, 9.17) is 5.14 Å². The van der Waals surface area contributed by atoms with E-state index in [2.05, 4.69) is 10.3 Å². The number of sulfonamides is 1. The summed E-state index contributed by atoms with van der Waals surface area (Å²) in [6, 6.07) is 8.77. The van der Waals surface area contributed by atoms with Gasteiger partial charge in [-0.2, -0.15) is 0 Å². The van der Waals surface area contributed by atoms with Gasteiger partial charge in [0.1, 0.15) is 5.82 Å². The molecular formula is C19H18FN3O3S2. The van der Waals surface area contributed by atoms with E-state index in [1.54, 1.807) is 32.0 Å². The van der Waals surface area contributed by atoms with Gasteiger partial charge in [-0.1, -0.05) is 0 Å². The van der Waals surface area contributed by atoms with Crippen LogP contribution in [-0.2, 0) is 10.0 Å². The highest BCUT2D eigenvalue weighted by atomic mass is 32.2. The molecule has 0 aliphatic carbocycles. The molecule has 3 rings (SSSR count). The number of thiazole rings is 1. The molecule has 0 aliphatic rings. The quantitative estimate of drug-likeness (QED) is 0.672. The van der Waals surface area contributed by atoms with Gasteiger partial charge in [0, 0.05) is 16.0 Å². The summed E-state index contributed by atoms with van der Waals surface area (Å²) in [5.41, 5.74) is 2.69. The van der Waals surface area contributed by atoms with E-state index in [0.29, 0.717) is 22.0 Å². The maximum atomic E-state index is 13.1. The van der Waals surface area contributed by atoms with Gasteiger partial charge in [0.05, 0.1) is 10.6 Å². The Kier molecular flexibility index (Phi) is 5.33. The van der Waals surface area contributed by atoms with Crippen molar-refractivity contribution in [2.24, 2.45) is 5.14 Å². The van der Waals surface area contributed by atoms with E-state index < -0.39 is 15.9 Å². The lowest BCUT2D eigenvalue weighted by atomic mass is 10.1. The van der Waals surface area contributed by atoms with Crippen molar-refractivity contribution in [2.45, 2.75) is 25.7 Å². The Balaban J connectivity index is 1.91. The summed E-state index contributed by atoms with van der Waals surface area (Å²) in [7, 11) is -3.95. The third-order valence-electron chi connectivity index (χ3n) is 4.32. The Morgan fingerprint density at radius 3 is 2.39 bits per heavy atom. The number of rotatable bonds is 4. The molecule has 0 bridgehead atoms. The first-order chi connectivity index (χ1) is 13.1. The molecule has 0 saturated heterocycles. The molecule has 28 heavy (non-hydrogen) atoms. The van der Waals surface area contributed by atoms with Crippen LogP contribution in [0.4, 0.5) is 9.52 Å². The van der Waals surface area contributed by atoms with Gasteiger partial charge < -0.3 is 0 Å². The lowest BCUT2D eigenvalue weighted by molar-refractivity contribution is 0.102. The summed E-state index contributed by atoms with van der Waals surface area (Å²) in [5, 5.41) is 8.29. The van der Waals surface area contributed by atoms with Gasteiger partial charge in [-0.3, -0.25) is 10.1 Å². The first-order valence-corrected chi connectivity index (χ1v) is 10.6. The van der Waals surface area contributed by atoms with Gasteiger partial charge >= 0.3 is 0 Å². The number of hydrogen-bond donors (Lipinski definition) is 2. The molecule has 9 heteroatoms. The molecule has 3 aromatic rings. The maximum absolute atomic E-state index is 13.1. The number of primary sulfonamides is 1. The first kappa shape index (κ1) is 20.1. The van der Waals surface area contributed by atoms with Crippen molar-refractivity contribution in [1.29, 1.82) is 0 Å². The number of carbonyl (C=O) groups excluding carboxylic acids is 1. The van der Waals surface area contributed by atoms with Crippen molar-refractivity contribution in [3.63, 3.8) is 0 Å². The second kappa shape index (κ2) is 7.42. The molecule has 3 N–H and O–H groups in total. The monoisotopic (exact) mass is 419 g/mol. The van der Waals surface area contributed by atoms with Gasteiger partial charge in [-0.15, -0.1) is 11.3 Å². The minimum absolute atomic E-state index is 0.0834. The lowest BCUT2D eigenvalue weighted by Gasteiger charge is -2.10. The molecule has 1 aromatic heterocycles. The van der Waals surface area contributed by atoms with Gasteiger partial charge in [0.25, 0.3) is 5.91 Å². The molecule has 146 valence electrons. The highest BCUT2D eigenvalue weighted by Crippen LogP contribution is 2.31. The van der Waals surface area contributed by atoms with Crippen LogP contribution in [0.2, 0.25) is 0 Å². The molecule has 0 unspecified atom stereocenters. The zero-order chi connectivity index (χ0) is 20.6. The normalized spacial score (nSPS) is 11.5. The zero-order valence-corrected chi connectivity index (χ0v) is 17.0. The number of aromatic nitrogens is 1. The fraction of sp³-hybridized carbons (Fsp3) is 0.158. The molecule has 2 aromatic carbocycles. The van der Waals surface area contributed by atoms with E-state index in [9.17, 15) is 17.6 Å². The number of aryl methyl sites for hydroxylation is 2. The number of halogens is 1. The highest BCUT2D eigenvalue weighted by Gasteiger charge is 2.19. The standard InChI is InChI=1S/C19H18FN3O3S2/c1-10-8-14(9-16(11(10)2)28(21,25)26)18(24)23-19-22-17(12(3)27-19)13-4-6-15(20)7-5-13/h4-9H,1-3H3,(H2,21,25,26)(H,22,23,24). The predicted molar refractivity (Wildman–Crippen MR) is 107 cm³/mol. The third kappa shape index (κ3) is 4.11. The molecule has 0 radical (unpaired) electrons. The number of benzene rings is 2.